The Bertz CT molecular complexity index is 458. The monoisotopic (exact) mass is 249 g/mol. The van der Waals surface area contributed by atoms with Crippen molar-refractivity contribution in [3.63, 3.8) is 0 Å². The van der Waals surface area contributed by atoms with E-state index < -0.39 is 5.97 Å². The number of carbonyl (C=O) groups excluding carboxylic acids is 1. The molecule has 0 radical (unpaired) electrons. The first-order valence-electron chi connectivity index (χ1n) is 5.88. The lowest BCUT2D eigenvalue weighted by atomic mass is 10.1. The van der Waals surface area contributed by atoms with E-state index in [9.17, 15) is 9.59 Å². The van der Waals surface area contributed by atoms with E-state index >= 15 is 0 Å². The van der Waals surface area contributed by atoms with E-state index in [2.05, 4.69) is 15.3 Å². The summed E-state index contributed by atoms with van der Waals surface area (Å²) >= 11 is 0. The summed E-state index contributed by atoms with van der Waals surface area (Å²) in [6.45, 7) is 1.79. The molecule has 1 heterocycles. The Morgan fingerprint density at radius 2 is 2.11 bits per heavy atom. The van der Waals surface area contributed by atoms with Gasteiger partial charge in [0.1, 0.15) is 5.69 Å². The van der Waals surface area contributed by atoms with Crippen LogP contribution in [0.3, 0.4) is 0 Å². The van der Waals surface area contributed by atoms with Crippen LogP contribution in [0.15, 0.2) is 12.4 Å². The second-order valence-corrected chi connectivity index (χ2v) is 4.56. The van der Waals surface area contributed by atoms with Crippen molar-refractivity contribution in [3.8, 4) is 0 Å². The summed E-state index contributed by atoms with van der Waals surface area (Å²) < 4.78 is 0. The SMILES string of the molecule is Cc1cnc(C(=O)N[C@@H]2CC[C@H](C(=O)O)C2)cn1. The summed E-state index contributed by atoms with van der Waals surface area (Å²) in [5.41, 5.74) is 1.01. The van der Waals surface area contributed by atoms with E-state index in [4.69, 9.17) is 5.11 Å². The Morgan fingerprint density at radius 3 is 2.67 bits per heavy atom. The minimum atomic E-state index is -0.790. The number of hydrogen-bond donors (Lipinski definition) is 2. The molecule has 0 spiro atoms. The molecular formula is C12H15N3O3. The van der Waals surface area contributed by atoms with Gasteiger partial charge in [-0.2, -0.15) is 0 Å². The number of nitrogens with zero attached hydrogens (tertiary/aromatic N) is 2. The Kier molecular flexibility index (Phi) is 3.55. The van der Waals surface area contributed by atoms with Gasteiger partial charge in [0.25, 0.3) is 5.91 Å². The molecule has 6 heteroatoms. The highest BCUT2D eigenvalue weighted by Crippen LogP contribution is 2.25. The van der Waals surface area contributed by atoms with Crippen molar-refractivity contribution in [2.75, 3.05) is 0 Å². The molecule has 1 amide bonds. The van der Waals surface area contributed by atoms with Gasteiger partial charge in [-0.15, -0.1) is 0 Å². The lowest BCUT2D eigenvalue weighted by molar-refractivity contribution is -0.141. The van der Waals surface area contributed by atoms with Crippen LogP contribution in [0.4, 0.5) is 0 Å². The highest BCUT2D eigenvalue weighted by molar-refractivity contribution is 5.92. The zero-order valence-electron chi connectivity index (χ0n) is 10.1. The molecule has 1 aliphatic carbocycles. The number of nitrogens with one attached hydrogen (secondary N) is 1. The molecule has 1 aliphatic rings. The second kappa shape index (κ2) is 5.12. The highest BCUT2D eigenvalue weighted by Gasteiger charge is 2.30. The van der Waals surface area contributed by atoms with Crippen LogP contribution in [0, 0.1) is 12.8 Å². The number of carboxylic acid groups (broad SMARTS) is 1. The van der Waals surface area contributed by atoms with Crippen LogP contribution < -0.4 is 5.32 Å². The maximum atomic E-state index is 11.8. The van der Waals surface area contributed by atoms with Crippen LogP contribution in [0.1, 0.15) is 35.4 Å². The minimum Gasteiger partial charge on any atom is -0.481 e. The maximum Gasteiger partial charge on any atom is 0.306 e. The number of aliphatic carboxylic acids is 1. The van der Waals surface area contributed by atoms with Crippen LogP contribution in [0.2, 0.25) is 0 Å². The van der Waals surface area contributed by atoms with E-state index in [1.165, 1.54) is 12.4 Å². The van der Waals surface area contributed by atoms with Crippen molar-refractivity contribution in [1.29, 1.82) is 0 Å². The first-order chi connectivity index (χ1) is 8.56. The van der Waals surface area contributed by atoms with Crippen molar-refractivity contribution in [2.24, 2.45) is 5.92 Å². The average Bonchev–Trinajstić information content (AvgIpc) is 2.78. The van der Waals surface area contributed by atoms with Crippen molar-refractivity contribution < 1.29 is 14.7 Å². The molecule has 1 aromatic rings. The van der Waals surface area contributed by atoms with Gasteiger partial charge in [-0.3, -0.25) is 14.6 Å². The van der Waals surface area contributed by atoms with E-state index in [0.29, 0.717) is 19.3 Å². The Morgan fingerprint density at radius 1 is 1.33 bits per heavy atom. The van der Waals surface area contributed by atoms with Gasteiger partial charge >= 0.3 is 5.97 Å². The zero-order chi connectivity index (χ0) is 13.1. The average molecular weight is 249 g/mol. The molecule has 2 N–H and O–H groups in total. The van der Waals surface area contributed by atoms with Gasteiger partial charge in [0.2, 0.25) is 0 Å². The normalized spacial score (nSPS) is 22.7. The number of amides is 1. The fourth-order valence-electron chi connectivity index (χ4n) is 2.11. The molecule has 0 aliphatic heterocycles. The van der Waals surface area contributed by atoms with Crippen molar-refractivity contribution in [1.82, 2.24) is 15.3 Å². The largest absolute Gasteiger partial charge is 0.481 e. The number of aromatic nitrogens is 2. The highest BCUT2D eigenvalue weighted by atomic mass is 16.4. The summed E-state index contributed by atoms with van der Waals surface area (Å²) in [7, 11) is 0. The lowest BCUT2D eigenvalue weighted by Crippen LogP contribution is -2.34. The quantitative estimate of drug-likeness (QED) is 0.825. The molecule has 1 fully saturated rings. The molecule has 0 saturated heterocycles. The van der Waals surface area contributed by atoms with Crippen molar-refractivity contribution in [3.05, 3.63) is 23.8 Å². The lowest BCUT2D eigenvalue weighted by Gasteiger charge is -2.11. The number of carboxylic acids is 1. The third kappa shape index (κ3) is 2.82. The predicted octanol–water partition coefficient (Wildman–Crippen LogP) is 0.768. The van der Waals surface area contributed by atoms with Crippen LogP contribution >= 0.6 is 0 Å². The molecule has 2 rings (SSSR count). The van der Waals surface area contributed by atoms with Crippen LogP contribution in [-0.2, 0) is 4.79 Å². The Labute approximate surface area is 104 Å². The van der Waals surface area contributed by atoms with Gasteiger partial charge in [-0.05, 0) is 26.2 Å². The molecule has 2 atom stereocenters. The Hall–Kier alpha value is -1.98. The van der Waals surface area contributed by atoms with E-state index in [-0.39, 0.29) is 23.6 Å². The van der Waals surface area contributed by atoms with Gasteiger partial charge in [0, 0.05) is 12.2 Å². The van der Waals surface area contributed by atoms with Crippen LogP contribution in [-0.4, -0.2) is 33.0 Å². The molecule has 1 aromatic heterocycles. The maximum absolute atomic E-state index is 11.8. The van der Waals surface area contributed by atoms with Gasteiger partial charge in [-0.1, -0.05) is 0 Å². The molecule has 0 bridgehead atoms. The first kappa shape index (κ1) is 12.5. The van der Waals surface area contributed by atoms with E-state index in [1.807, 2.05) is 0 Å². The molecular weight excluding hydrogens is 234 g/mol. The standard InChI is InChI=1S/C12H15N3O3/c1-7-5-14-10(6-13-7)11(16)15-9-3-2-8(4-9)12(17)18/h5-6,8-9H,2-4H2,1H3,(H,15,16)(H,17,18)/t8-,9+/m0/s1. The summed E-state index contributed by atoms with van der Waals surface area (Å²) in [4.78, 5) is 30.6. The van der Waals surface area contributed by atoms with Gasteiger partial charge in [0.05, 0.1) is 17.8 Å². The van der Waals surface area contributed by atoms with E-state index in [1.54, 1.807) is 6.92 Å². The fourth-order valence-corrected chi connectivity index (χ4v) is 2.11. The van der Waals surface area contributed by atoms with Crippen molar-refractivity contribution in [2.45, 2.75) is 32.2 Å². The number of aryl methyl sites for hydroxylation is 1. The third-order valence-electron chi connectivity index (χ3n) is 3.13. The van der Waals surface area contributed by atoms with Crippen LogP contribution in [0.5, 0.6) is 0 Å². The molecule has 6 nitrogen and oxygen atoms in total. The van der Waals surface area contributed by atoms with Crippen molar-refractivity contribution >= 4 is 11.9 Å². The molecule has 0 aromatic carbocycles. The third-order valence-corrected chi connectivity index (χ3v) is 3.13. The van der Waals surface area contributed by atoms with Crippen LogP contribution in [0.25, 0.3) is 0 Å². The minimum absolute atomic E-state index is 0.0818. The van der Waals surface area contributed by atoms with E-state index in [0.717, 1.165) is 5.69 Å². The Balaban J connectivity index is 1.92. The molecule has 18 heavy (non-hydrogen) atoms. The van der Waals surface area contributed by atoms with Gasteiger partial charge < -0.3 is 10.4 Å². The number of rotatable bonds is 3. The zero-order valence-corrected chi connectivity index (χ0v) is 10.1. The summed E-state index contributed by atoms with van der Waals surface area (Å²) in [6, 6.07) is -0.0818. The molecule has 1 saturated carbocycles. The fraction of sp³-hybridized carbons (Fsp3) is 0.500. The smallest absolute Gasteiger partial charge is 0.306 e. The number of hydrogen-bond acceptors (Lipinski definition) is 4. The topological polar surface area (TPSA) is 92.2 Å². The predicted molar refractivity (Wildman–Crippen MR) is 63.0 cm³/mol. The van der Waals surface area contributed by atoms with Gasteiger partial charge in [0.15, 0.2) is 0 Å². The summed E-state index contributed by atoms with van der Waals surface area (Å²) in [5, 5.41) is 11.7. The van der Waals surface area contributed by atoms with Gasteiger partial charge in [-0.25, -0.2) is 4.98 Å². The summed E-state index contributed by atoms with van der Waals surface area (Å²) in [6.07, 6.45) is 4.75. The molecule has 0 unspecified atom stereocenters. The molecule has 96 valence electrons. The number of carbonyl (C=O) groups is 2. The summed E-state index contributed by atoms with van der Waals surface area (Å²) in [5.74, 6) is -1.43. The second-order valence-electron chi connectivity index (χ2n) is 4.56. The first-order valence-corrected chi connectivity index (χ1v) is 5.88.